The smallest absolute Gasteiger partial charge is 0.243 e. The van der Waals surface area contributed by atoms with Gasteiger partial charge in [0.05, 0.1) is 31.7 Å². The quantitative estimate of drug-likeness (QED) is 0.0223. The van der Waals surface area contributed by atoms with Gasteiger partial charge >= 0.3 is 0 Å². The summed E-state index contributed by atoms with van der Waals surface area (Å²) in [6, 6.07) is 2.88. The van der Waals surface area contributed by atoms with Crippen molar-refractivity contribution in [3.8, 4) is 17.2 Å². The molecule has 5 aromatic rings. The fourth-order valence-electron chi connectivity index (χ4n) is 11.2. The van der Waals surface area contributed by atoms with Crippen LogP contribution >= 0.6 is 0 Å². The van der Waals surface area contributed by atoms with Gasteiger partial charge in [-0.1, -0.05) is 105 Å². The van der Waals surface area contributed by atoms with Crippen LogP contribution in [0.4, 0.5) is 0 Å². The molecule has 107 heavy (non-hydrogen) atoms. The van der Waals surface area contributed by atoms with Crippen LogP contribution in [0, 0.1) is 23.7 Å². The number of H-pyrrole nitrogens is 2. The second-order valence-electron chi connectivity index (χ2n) is 27.5. The molecule has 5 rings (SSSR count). The summed E-state index contributed by atoms with van der Waals surface area (Å²) in [5.74, 6) is -13.5. The average molecular weight is 1490 g/mol. The van der Waals surface area contributed by atoms with Crippen LogP contribution in [0.2, 0.25) is 0 Å². The number of rotatable bonds is 44. The minimum absolute atomic E-state index is 0.00259. The fraction of sp³-hybridized carbons (Fsp3) is 0.493. The molecule has 22 N–H and O–H groups in total. The molecule has 13 atom stereocenters. The lowest BCUT2D eigenvalue weighted by Gasteiger charge is -2.29. The number of nitrogens with two attached hydrogens (primary N) is 3. The number of phenols is 3. The molecule has 34 nitrogen and oxygen atoms in total. The minimum Gasteiger partial charge on any atom is -0.508 e. The number of carbonyl (C=O) groups is 13. The third kappa shape index (κ3) is 28.8. The molecule has 0 bridgehead atoms. The number of primary amides is 2. The van der Waals surface area contributed by atoms with Crippen LogP contribution in [0.5, 0.6) is 17.2 Å². The van der Waals surface area contributed by atoms with E-state index in [1.807, 2.05) is 0 Å². The van der Waals surface area contributed by atoms with E-state index in [0.717, 1.165) is 0 Å². The van der Waals surface area contributed by atoms with Gasteiger partial charge in [-0.2, -0.15) is 0 Å². The zero-order valence-corrected chi connectivity index (χ0v) is 61.7. The molecular weight excluding hydrogens is 1380 g/mol. The van der Waals surface area contributed by atoms with Crippen LogP contribution in [-0.2, 0) is 94.4 Å². The number of amides is 13. The fourth-order valence-corrected chi connectivity index (χ4v) is 11.2. The van der Waals surface area contributed by atoms with E-state index >= 15 is 0 Å². The Bertz CT molecular complexity index is 3780. The molecule has 13 amide bonds. The molecule has 0 aliphatic rings. The number of phenolic OH excluding ortho intramolecular Hbond substituents is 3. The molecule has 582 valence electrons. The first-order chi connectivity index (χ1) is 50.6. The van der Waals surface area contributed by atoms with Crippen LogP contribution in [0.1, 0.15) is 129 Å². The molecule has 34 heteroatoms. The van der Waals surface area contributed by atoms with Gasteiger partial charge in [-0.15, -0.1) is 0 Å². The van der Waals surface area contributed by atoms with Crippen molar-refractivity contribution >= 4 is 76.8 Å². The summed E-state index contributed by atoms with van der Waals surface area (Å²) in [7, 11) is 0. The molecule has 0 saturated heterocycles. The molecule has 0 aliphatic carbocycles. The molecule has 0 radical (unpaired) electrons. The highest BCUT2D eigenvalue weighted by atomic mass is 16.3. The first-order valence-corrected chi connectivity index (χ1v) is 35.6. The maximum atomic E-state index is 14.7. The van der Waals surface area contributed by atoms with Crippen molar-refractivity contribution in [2.75, 3.05) is 6.54 Å². The Hall–Kier alpha value is -11.4. The van der Waals surface area contributed by atoms with Crippen molar-refractivity contribution in [2.45, 2.75) is 199 Å². The monoisotopic (exact) mass is 1490 g/mol. The first kappa shape index (κ1) is 86.2. The number of aromatic amines is 2. The number of aromatic hydroxyl groups is 3. The standard InChI is InChI=1S/C73H104N18O16/c1-10-40(7)61(90-65(99)51(74)29-44-14-22-49(93)23-15-44)72(106)84-52(26-18-43-12-20-48(92)21-13-43)67(101)88-57(32-58(75)95)70(104)89-60(39(5)6)71(105)82-42(9)64(98)79-35-59(96)83-55(28-38(3)4)68(102)87-56(30-45-16-24-50(94)25-17-45)69(103)91-62(41(8)11-2)73(107)85-53(27-19-46-33-77-36-80-46)66(100)86-54(63(76)97)31-47-34-78-37-81-47/h12-17,20-25,33-34,36-42,51-57,60-62,92-94H,10-11,18-19,26-32,35,74H2,1-9H3,(H2,75,95)(H2,76,97)(H,77,80)(H,78,81)(H,79,98)(H,82,105)(H,83,96)(H,84,106)(H,85,107)(H,86,100)(H,87,102)(H,88,101)(H,89,104)(H,90,99)(H,91,103)/t40-,41-,42+,51+,52+,53+,54+,55+,56+,57+,60+,61+,62+/m0/s1. The number of benzene rings is 3. The third-order valence-corrected chi connectivity index (χ3v) is 18.0. The number of carbonyl (C=O) groups excluding carboxylic acids is 13. The molecular formula is C73H104N18O16. The van der Waals surface area contributed by atoms with Gasteiger partial charge in [0.1, 0.15) is 77.7 Å². The van der Waals surface area contributed by atoms with Gasteiger partial charge in [-0.05, 0) is 122 Å². The van der Waals surface area contributed by atoms with Crippen LogP contribution in [0.15, 0.2) is 97.8 Å². The van der Waals surface area contributed by atoms with E-state index in [1.165, 1.54) is 80.5 Å². The first-order valence-electron chi connectivity index (χ1n) is 35.6. The Morgan fingerprint density at radius 1 is 0.430 bits per heavy atom. The number of hydrogen-bond donors (Lipinski definition) is 19. The third-order valence-electron chi connectivity index (χ3n) is 18.0. The zero-order chi connectivity index (χ0) is 79.2. The molecule has 0 fully saturated rings. The number of nitrogens with one attached hydrogen (secondary N) is 13. The van der Waals surface area contributed by atoms with Gasteiger partial charge in [0.2, 0.25) is 76.8 Å². The second kappa shape index (κ2) is 42.5. The van der Waals surface area contributed by atoms with Gasteiger partial charge < -0.3 is 101 Å². The zero-order valence-electron chi connectivity index (χ0n) is 61.7. The highest BCUT2D eigenvalue weighted by Crippen LogP contribution is 2.19. The number of aryl methyl sites for hydroxylation is 2. The van der Waals surface area contributed by atoms with Gasteiger partial charge in [0.25, 0.3) is 0 Å². The Morgan fingerprint density at radius 3 is 1.33 bits per heavy atom. The van der Waals surface area contributed by atoms with Gasteiger partial charge in [0.15, 0.2) is 0 Å². The van der Waals surface area contributed by atoms with Crippen LogP contribution in [-0.4, -0.2) is 185 Å². The summed E-state index contributed by atoms with van der Waals surface area (Å²) < 4.78 is 0. The molecule has 3 aromatic carbocycles. The van der Waals surface area contributed by atoms with E-state index in [2.05, 4.69) is 78.4 Å². The topological polar surface area (TPSA) is 550 Å². The summed E-state index contributed by atoms with van der Waals surface area (Å²) in [5.41, 5.74) is 20.4. The summed E-state index contributed by atoms with van der Waals surface area (Å²) in [4.78, 5) is 194. The van der Waals surface area contributed by atoms with E-state index in [-0.39, 0.29) is 74.5 Å². The maximum Gasteiger partial charge on any atom is 0.243 e. The van der Waals surface area contributed by atoms with Gasteiger partial charge in [-0.3, -0.25) is 62.3 Å². The molecule has 0 aliphatic heterocycles. The predicted molar refractivity (Wildman–Crippen MR) is 391 cm³/mol. The summed E-state index contributed by atoms with van der Waals surface area (Å²) in [6.07, 6.45) is 5.83. The summed E-state index contributed by atoms with van der Waals surface area (Å²) in [5, 5.41) is 58.5. The highest BCUT2D eigenvalue weighted by molar-refractivity contribution is 6.00. The van der Waals surface area contributed by atoms with Crippen molar-refractivity contribution in [2.24, 2.45) is 40.9 Å². The summed E-state index contributed by atoms with van der Waals surface area (Å²) >= 11 is 0. The van der Waals surface area contributed by atoms with Gasteiger partial charge in [0, 0.05) is 36.6 Å². The molecule has 0 unspecified atom stereocenters. The number of aromatic nitrogens is 4. The van der Waals surface area contributed by atoms with Crippen molar-refractivity contribution in [1.82, 2.24) is 78.4 Å². The van der Waals surface area contributed by atoms with Crippen molar-refractivity contribution < 1.29 is 77.6 Å². The SMILES string of the molecule is CC[C@H](C)[C@@H](NC(=O)[C@H](N)Cc1ccc(O)cc1)C(=O)N[C@H](CCc1ccc(O)cc1)C(=O)N[C@H](CC(N)=O)C(=O)N[C@@H](C(=O)N[C@H](C)C(=O)NCC(=O)N[C@H](CC(C)C)C(=O)N[C@H](Cc1ccc(O)cc1)C(=O)N[C@@H](C(=O)N[C@H](CCc1cnc[nH]1)C(=O)N[C@H](Cc1cnc[nH]1)C(N)=O)[C@@H](C)CC)C(C)C. The van der Waals surface area contributed by atoms with Crippen molar-refractivity contribution in [3.05, 3.63) is 126 Å². The highest BCUT2D eigenvalue weighted by Gasteiger charge is 2.38. The van der Waals surface area contributed by atoms with Crippen LogP contribution in [0.3, 0.4) is 0 Å². The maximum absolute atomic E-state index is 14.7. The second-order valence-corrected chi connectivity index (χ2v) is 27.5. The lowest BCUT2D eigenvalue weighted by atomic mass is 9.96. The van der Waals surface area contributed by atoms with E-state index in [1.54, 1.807) is 79.7 Å². The number of nitrogens with zero attached hydrogens (tertiary/aromatic N) is 2. The van der Waals surface area contributed by atoms with E-state index < -0.39 is 174 Å². The normalized spacial score (nSPS) is 14.9. The lowest BCUT2D eigenvalue weighted by Crippen LogP contribution is -2.61. The summed E-state index contributed by atoms with van der Waals surface area (Å²) in [6.45, 7) is 14.1. The average Bonchev–Trinajstić information content (AvgIpc) is 1.38. The lowest BCUT2D eigenvalue weighted by molar-refractivity contribution is -0.137. The van der Waals surface area contributed by atoms with Crippen LogP contribution < -0.4 is 75.7 Å². The Labute approximate surface area is 620 Å². The van der Waals surface area contributed by atoms with E-state index in [4.69, 9.17) is 17.2 Å². The van der Waals surface area contributed by atoms with Crippen molar-refractivity contribution in [3.63, 3.8) is 0 Å². The molecule has 2 aromatic heterocycles. The molecule has 0 saturated carbocycles. The Morgan fingerprint density at radius 2 is 0.850 bits per heavy atom. The minimum atomic E-state index is -1.74. The van der Waals surface area contributed by atoms with Crippen molar-refractivity contribution in [1.29, 1.82) is 0 Å². The largest absolute Gasteiger partial charge is 0.508 e. The number of imidazole rings is 2. The van der Waals surface area contributed by atoms with Crippen LogP contribution in [0.25, 0.3) is 0 Å². The molecule has 2 heterocycles. The van der Waals surface area contributed by atoms with E-state index in [0.29, 0.717) is 40.9 Å². The Balaban J connectivity index is 1.26. The number of hydrogen-bond acceptors (Lipinski definition) is 19. The Kier molecular flexibility index (Phi) is 34.2. The predicted octanol–water partition coefficient (Wildman–Crippen LogP) is -0.991. The van der Waals surface area contributed by atoms with Gasteiger partial charge in [-0.25, -0.2) is 9.97 Å². The van der Waals surface area contributed by atoms with E-state index in [9.17, 15) is 77.6 Å². The molecule has 0 spiro atoms.